The van der Waals surface area contributed by atoms with E-state index < -0.39 is 0 Å². The first kappa shape index (κ1) is 18.1. The fraction of sp³-hybridized carbons (Fsp3) is 0.0800. The van der Waals surface area contributed by atoms with Gasteiger partial charge in [-0.3, -0.25) is 0 Å². The Hall–Kier alpha value is -3.28. The molecule has 0 spiro atoms. The summed E-state index contributed by atoms with van der Waals surface area (Å²) in [7, 11) is 0. The summed E-state index contributed by atoms with van der Waals surface area (Å²) in [6, 6.07) is 26.6. The van der Waals surface area contributed by atoms with Crippen molar-refractivity contribution in [1.29, 1.82) is 5.26 Å². The summed E-state index contributed by atoms with van der Waals surface area (Å²) in [6.07, 6.45) is 1.96. The molecular weight excluding hydrogens is 364 g/mol. The van der Waals surface area contributed by atoms with Crippen molar-refractivity contribution in [3.05, 3.63) is 100 Å². The van der Waals surface area contributed by atoms with E-state index in [1.54, 1.807) is 0 Å². The highest BCUT2D eigenvalue weighted by Gasteiger charge is 2.13. The van der Waals surface area contributed by atoms with Gasteiger partial charge in [0.15, 0.2) is 0 Å². The number of nitrogens with zero attached hydrogens (tertiary/aromatic N) is 2. The zero-order valence-electron chi connectivity index (χ0n) is 15.8. The standard InChI is InChI=1S/C25H19ClN2/c1-17-13-22(18(2)28(17)25-10-6-5-9-24(25)26)15-23(16-27)21-12-11-19-7-3-4-8-20(19)14-21/h3-15H,1-2H3/b23-15-. The Morgan fingerprint density at radius 1 is 0.929 bits per heavy atom. The normalized spacial score (nSPS) is 11.6. The van der Waals surface area contributed by atoms with Crippen LogP contribution in [0.4, 0.5) is 0 Å². The van der Waals surface area contributed by atoms with Gasteiger partial charge in [-0.15, -0.1) is 0 Å². The maximum atomic E-state index is 9.79. The van der Waals surface area contributed by atoms with Crippen LogP contribution in [0.15, 0.2) is 72.8 Å². The molecule has 0 amide bonds. The Labute approximate surface area is 169 Å². The van der Waals surface area contributed by atoms with Crippen LogP contribution < -0.4 is 0 Å². The lowest BCUT2D eigenvalue weighted by Crippen LogP contribution is -1.99. The first-order valence-electron chi connectivity index (χ1n) is 9.13. The minimum absolute atomic E-state index is 0.644. The molecule has 0 saturated heterocycles. The summed E-state index contributed by atoms with van der Waals surface area (Å²) in [5.74, 6) is 0. The molecule has 3 aromatic carbocycles. The van der Waals surface area contributed by atoms with Crippen LogP contribution in [0.5, 0.6) is 0 Å². The average molecular weight is 383 g/mol. The summed E-state index contributed by atoms with van der Waals surface area (Å²) in [5, 5.41) is 12.8. The fourth-order valence-electron chi connectivity index (χ4n) is 3.63. The molecule has 0 radical (unpaired) electrons. The smallest absolute Gasteiger partial charge is 0.0998 e. The lowest BCUT2D eigenvalue weighted by molar-refractivity contribution is 0.965. The Morgan fingerprint density at radius 3 is 2.39 bits per heavy atom. The molecule has 0 bridgehead atoms. The Kier molecular flexibility index (Phi) is 4.77. The molecule has 1 heterocycles. The van der Waals surface area contributed by atoms with Crippen molar-refractivity contribution in [2.75, 3.05) is 0 Å². The molecule has 1 aromatic heterocycles. The molecule has 0 aliphatic heterocycles. The van der Waals surface area contributed by atoms with Gasteiger partial charge >= 0.3 is 0 Å². The molecule has 136 valence electrons. The lowest BCUT2D eigenvalue weighted by atomic mass is 10.0. The summed E-state index contributed by atoms with van der Waals surface area (Å²) < 4.78 is 2.13. The van der Waals surface area contributed by atoms with Gasteiger partial charge in [-0.1, -0.05) is 60.1 Å². The predicted octanol–water partition coefficient (Wildman–Crippen LogP) is 6.96. The molecule has 0 saturated carbocycles. The van der Waals surface area contributed by atoms with E-state index in [1.807, 2.05) is 48.5 Å². The van der Waals surface area contributed by atoms with Gasteiger partial charge in [0.2, 0.25) is 0 Å². The van der Waals surface area contributed by atoms with Crippen LogP contribution in [0.3, 0.4) is 0 Å². The molecular formula is C25H19ClN2. The number of rotatable bonds is 3. The number of hydrogen-bond donors (Lipinski definition) is 0. The molecule has 0 N–H and O–H groups in total. The van der Waals surface area contributed by atoms with E-state index in [9.17, 15) is 5.26 Å². The molecule has 4 rings (SSSR count). The van der Waals surface area contributed by atoms with E-state index in [0.29, 0.717) is 10.6 Å². The lowest BCUT2D eigenvalue weighted by Gasteiger charge is -2.11. The van der Waals surface area contributed by atoms with Crippen LogP contribution >= 0.6 is 11.6 Å². The van der Waals surface area contributed by atoms with Crippen molar-refractivity contribution in [2.24, 2.45) is 0 Å². The predicted molar refractivity (Wildman–Crippen MR) is 118 cm³/mol. The second kappa shape index (κ2) is 7.38. The maximum absolute atomic E-state index is 9.79. The second-order valence-corrected chi connectivity index (χ2v) is 7.25. The van der Waals surface area contributed by atoms with Crippen LogP contribution in [0.1, 0.15) is 22.5 Å². The topological polar surface area (TPSA) is 28.7 Å². The summed E-state index contributed by atoms with van der Waals surface area (Å²) in [4.78, 5) is 0. The van der Waals surface area contributed by atoms with Crippen molar-refractivity contribution in [1.82, 2.24) is 4.57 Å². The Balaban J connectivity index is 1.82. The third-order valence-corrected chi connectivity index (χ3v) is 5.36. The molecule has 0 aliphatic carbocycles. The Bertz CT molecular complexity index is 1260. The van der Waals surface area contributed by atoms with Gasteiger partial charge in [0.25, 0.3) is 0 Å². The molecule has 2 nitrogen and oxygen atoms in total. The number of nitriles is 1. The van der Waals surface area contributed by atoms with Gasteiger partial charge in [0.1, 0.15) is 0 Å². The van der Waals surface area contributed by atoms with Crippen LogP contribution in [-0.4, -0.2) is 4.57 Å². The van der Waals surface area contributed by atoms with Crippen LogP contribution in [0, 0.1) is 25.2 Å². The van der Waals surface area contributed by atoms with Gasteiger partial charge in [-0.2, -0.15) is 5.26 Å². The molecule has 0 atom stereocenters. The van der Waals surface area contributed by atoms with Crippen LogP contribution in [-0.2, 0) is 0 Å². The highest BCUT2D eigenvalue weighted by atomic mass is 35.5. The van der Waals surface area contributed by atoms with Gasteiger partial charge < -0.3 is 4.57 Å². The molecule has 4 aromatic rings. The minimum atomic E-state index is 0.644. The molecule has 3 heteroatoms. The third-order valence-electron chi connectivity index (χ3n) is 5.04. The summed E-state index contributed by atoms with van der Waals surface area (Å²) in [5.41, 5.74) is 5.66. The Morgan fingerprint density at radius 2 is 1.64 bits per heavy atom. The first-order valence-corrected chi connectivity index (χ1v) is 9.51. The van der Waals surface area contributed by atoms with Crippen molar-refractivity contribution in [2.45, 2.75) is 13.8 Å². The fourth-order valence-corrected chi connectivity index (χ4v) is 3.85. The van der Waals surface area contributed by atoms with Gasteiger partial charge in [-0.25, -0.2) is 0 Å². The number of aromatic nitrogens is 1. The van der Waals surface area contributed by atoms with Crippen LogP contribution in [0.25, 0.3) is 28.1 Å². The summed E-state index contributed by atoms with van der Waals surface area (Å²) >= 11 is 6.41. The number of allylic oxidation sites excluding steroid dienone is 1. The highest BCUT2D eigenvalue weighted by molar-refractivity contribution is 6.32. The summed E-state index contributed by atoms with van der Waals surface area (Å²) in [6.45, 7) is 4.10. The van der Waals surface area contributed by atoms with E-state index >= 15 is 0 Å². The van der Waals surface area contributed by atoms with Gasteiger partial charge in [0, 0.05) is 11.4 Å². The molecule has 0 fully saturated rings. The number of para-hydroxylation sites is 1. The number of hydrogen-bond acceptors (Lipinski definition) is 1. The van der Waals surface area contributed by atoms with E-state index in [1.165, 1.54) is 5.39 Å². The van der Waals surface area contributed by atoms with E-state index in [-0.39, 0.29) is 0 Å². The number of aryl methyl sites for hydroxylation is 1. The largest absolute Gasteiger partial charge is 0.316 e. The van der Waals surface area contributed by atoms with Gasteiger partial charge in [-0.05, 0) is 66.1 Å². The van der Waals surface area contributed by atoms with Crippen molar-refractivity contribution in [3.8, 4) is 11.8 Å². The van der Waals surface area contributed by atoms with Crippen LogP contribution in [0.2, 0.25) is 5.02 Å². The molecule has 0 unspecified atom stereocenters. The number of fused-ring (bicyclic) bond motifs is 1. The highest BCUT2D eigenvalue weighted by Crippen LogP contribution is 2.29. The quantitative estimate of drug-likeness (QED) is 0.352. The van der Waals surface area contributed by atoms with Gasteiger partial charge in [0.05, 0.1) is 22.4 Å². The van der Waals surface area contributed by atoms with Crippen molar-refractivity contribution in [3.63, 3.8) is 0 Å². The van der Waals surface area contributed by atoms with E-state index in [0.717, 1.165) is 33.6 Å². The second-order valence-electron chi connectivity index (χ2n) is 6.85. The maximum Gasteiger partial charge on any atom is 0.0998 e. The van der Waals surface area contributed by atoms with Crippen molar-refractivity contribution < 1.29 is 0 Å². The minimum Gasteiger partial charge on any atom is -0.316 e. The van der Waals surface area contributed by atoms with E-state index in [2.05, 4.69) is 54.8 Å². The monoisotopic (exact) mass is 382 g/mol. The zero-order valence-corrected chi connectivity index (χ0v) is 16.5. The first-order chi connectivity index (χ1) is 13.6. The SMILES string of the molecule is Cc1cc(/C=C(/C#N)c2ccc3ccccc3c2)c(C)n1-c1ccccc1Cl. The number of halogens is 1. The number of benzene rings is 3. The average Bonchev–Trinajstić information content (AvgIpc) is 2.99. The van der Waals surface area contributed by atoms with Crippen molar-refractivity contribution >= 4 is 34.0 Å². The molecule has 0 aliphatic rings. The third kappa shape index (κ3) is 3.22. The van der Waals surface area contributed by atoms with E-state index in [4.69, 9.17) is 11.6 Å². The molecule has 28 heavy (non-hydrogen) atoms. The zero-order chi connectivity index (χ0) is 19.7.